The SMILES string of the molecule is CCCOc1ccc(CC(=O)OC)cc1. The van der Waals surface area contributed by atoms with Crippen molar-refractivity contribution in [3.8, 4) is 5.75 Å². The molecule has 0 bridgehead atoms. The first-order valence-electron chi connectivity index (χ1n) is 5.04. The number of carbonyl (C=O) groups is 1. The smallest absolute Gasteiger partial charge is 0.309 e. The van der Waals surface area contributed by atoms with Gasteiger partial charge in [0.1, 0.15) is 5.75 Å². The minimum Gasteiger partial charge on any atom is -0.494 e. The molecule has 1 rings (SSSR count). The third-order valence-corrected chi connectivity index (χ3v) is 1.97. The largest absolute Gasteiger partial charge is 0.494 e. The molecule has 0 aliphatic carbocycles. The van der Waals surface area contributed by atoms with E-state index in [4.69, 9.17) is 4.74 Å². The Hall–Kier alpha value is -1.51. The van der Waals surface area contributed by atoms with E-state index in [9.17, 15) is 4.79 Å². The Morgan fingerprint density at radius 2 is 1.93 bits per heavy atom. The van der Waals surface area contributed by atoms with Gasteiger partial charge in [-0.05, 0) is 24.1 Å². The van der Waals surface area contributed by atoms with E-state index in [0.29, 0.717) is 6.42 Å². The van der Waals surface area contributed by atoms with Crippen molar-refractivity contribution in [3.63, 3.8) is 0 Å². The Morgan fingerprint density at radius 1 is 1.27 bits per heavy atom. The number of benzene rings is 1. The molecule has 0 aliphatic rings. The molecule has 0 saturated carbocycles. The number of hydrogen-bond acceptors (Lipinski definition) is 3. The molecule has 0 aromatic heterocycles. The van der Waals surface area contributed by atoms with Gasteiger partial charge < -0.3 is 9.47 Å². The first kappa shape index (κ1) is 11.6. The Kier molecular flexibility index (Phi) is 4.68. The molecular weight excluding hydrogens is 192 g/mol. The van der Waals surface area contributed by atoms with Crippen molar-refractivity contribution in [3.05, 3.63) is 29.8 Å². The van der Waals surface area contributed by atoms with Crippen LogP contribution in [0.1, 0.15) is 18.9 Å². The molecule has 0 spiro atoms. The molecule has 0 aliphatic heterocycles. The number of carbonyl (C=O) groups excluding carboxylic acids is 1. The normalized spacial score (nSPS) is 9.73. The number of ether oxygens (including phenoxy) is 2. The van der Waals surface area contributed by atoms with Gasteiger partial charge in [0.15, 0.2) is 0 Å². The molecule has 0 amide bonds. The van der Waals surface area contributed by atoms with Gasteiger partial charge in [-0.25, -0.2) is 0 Å². The molecule has 1 aromatic rings. The average molecular weight is 208 g/mol. The highest BCUT2D eigenvalue weighted by atomic mass is 16.5. The van der Waals surface area contributed by atoms with E-state index >= 15 is 0 Å². The van der Waals surface area contributed by atoms with Gasteiger partial charge in [0.05, 0.1) is 20.1 Å². The van der Waals surface area contributed by atoms with Crippen LogP contribution in [-0.2, 0) is 16.0 Å². The second kappa shape index (κ2) is 6.06. The molecule has 0 fully saturated rings. The minimum absolute atomic E-state index is 0.225. The van der Waals surface area contributed by atoms with Crippen LogP contribution in [0.4, 0.5) is 0 Å². The second-order valence-corrected chi connectivity index (χ2v) is 3.25. The molecule has 0 unspecified atom stereocenters. The van der Waals surface area contributed by atoms with Gasteiger partial charge in [-0.1, -0.05) is 19.1 Å². The van der Waals surface area contributed by atoms with Crippen molar-refractivity contribution >= 4 is 5.97 Å². The molecule has 0 heterocycles. The van der Waals surface area contributed by atoms with Crippen LogP contribution >= 0.6 is 0 Å². The van der Waals surface area contributed by atoms with Gasteiger partial charge in [0, 0.05) is 0 Å². The van der Waals surface area contributed by atoms with Gasteiger partial charge in [-0.3, -0.25) is 4.79 Å². The van der Waals surface area contributed by atoms with Crippen molar-refractivity contribution in [2.45, 2.75) is 19.8 Å². The van der Waals surface area contributed by atoms with E-state index in [1.54, 1.807) is 0 Å². The predicted octanol–water partition coefficient (Wildman–Crippen LogP) is 2.19. The van der Waals surface area contributed by atoms with Crippen LogP contribution in [0, 0.1) is 0 Å². The standard InChI is InChI=1S/C12H16O3/c1-3-8-15-11-6-4-10(5-7-11)9-12(13)14-2/h4-7H,3,8-9H2,1-2H3. The zero-order valence-electron chi connectivity index (χ0n) is 9.16. The quantitative estimate of drug-likeness (QED) is 0.696. The Balaban J connectivity index is 2.52. The monoisotopic (exact) mass is 208 g/mol. The highest BCUT2D eigenvalue weighted by molar-refractivity contribution is 5.72. The molecule has 0 saturated heterocycles. The van der Waals surface area contributed by atoms with E-state index in [0.717, 1.165) is 24.3 Å². The summed E-state index contributed by atoms with van der Waals surface area (Å²) >= 11 is 0. The van der Waals surface area contributed by atoms with E-state index in [1.807, 2.05) is 24.3 Å². The minimum atomic E-state index is -0.225. The van der Waals surface area contributed by atoms with Gasteiger partial charge in [-0.15, -0.1) is 0 Å². The lowest BCUT2D eigenvalue weighted by atomic mass is 10.1. The zero-order valence-corrected chi connectivity index (χ0v) is 9.16. The maximum absolute atomic E-state index is 11.0. The van der Waals surface area contributed by atoms with Crippen LogP contribution in [0.3, 0.4) is 0 Å². The predicted molar refractivity (Wildman–Crippen MR) is 57.9 cm³/mol. The fourth-order valence-electron chi connectivity index (χ4n) is 1.16. The summed E-state index contributed by atoms with van der Waals surface area (Å²) in [5.41, 5.74) is 0.936. The van der Waals surface area contributed by atoms with Crippen LogP contribution < -0.4 is 4.74 Å². The molecule has 0 atom stereocenters. The van der Waals surface area contributed by atoms with Crippen LogP contribution in [0.15, 0.2) is 24.3 Å². The van der Waals surface area contributed by atoms with E-state index in [-0.39, 0.29) is 5.97 Å². The zero-order chi connectivity index (χ0) is 11.1. The fourth-order valence-corrected chi connectivity index (χ4v) is 1.16. The second-order valence-electron chi connectivity index (χ2n) is 3.25. The lowest BCUT2D eigenvalue weighted by Crippen LogP contribution is -2.04. The van der Waals surface area contributed by atoms with Crippen molar-refractivity contribution < 1.29 is 14.3 Å². The van der Waals surface area contributed by atoms with Gasteiger partial charge in [0.2, 0.25) is 0 Å². The topological polar surface area (TPSA) is 35.5 Å². The Morgan fingerprint density at radius 3 is 2.47 bits per heavy atom. The van der Waals surface area contributed by atoms with E-state index < -0.39 is 0 Å². The maximum atomic E-state index is 11.0. The molecule has 3 heteroatoms. The molecule has 0 radical (unpaired) electrons. The molecular formula is C12H16O3. The molecule has 15 heavy (non-hydrogen) atoms. The molecule has 0 N–H and O–H groups in total. The summed E-state index contributed by atoms with van der Waals surface area (Å²) in [6.07, 6.45) is 1.30. The van der Waals surface area contributed by atoms with Crippen molar-refractivity contribution in [1.82, 2.24) is 0 Å². The summed E-state index contributed by atoms with van der Waals surface area (Å²) in [5, 5.41) is 0. The number of methoxy groups -OCH3 is 1. The van der Waals surface area contributed by atoms with Crippen LogP contribution in [-0.4, -0.2) is 19.7 Å². The van der Waals surface area contributed by atoms with E-state index in [2.05, 4.69) is 11.7 Å². The van der Waals surface area contributed by atoms with Crippen molar-refractivity contribution in [2.24, 2.45) is 0 Å². The fraction of sp³-hybridized carbons (Fsp3) is 0.417. The average Bonchev–Trinajstić information content (AvgIpc) is 2.28. The molecule has 1 aromatic carbocycles. The number of hydrogen-bond donors (Lipinski definition) is 0. The Bertz CT molecular complexity index is 303. The summed E-state index contributed by atoms with van der Waals surface area (Å²) in [7, 11) is 1.39. The van der Waals surface area contributed by atoms with Gasteiger partial charge >= 0.3 is 5.97 Å². The van der Waals surface area contributed by atoms with Crippen molar-refractivity contribution in [2.75, 3.05) is 13.7 Å². The lowest BCUT2D eigenvalue weighted by molar-refractivity contribution is -0.139. The highest BCUT2D eigenvalue weighted by Gasteiger charge is 2.02. The maximum Gasteiger partial charge on any atom is 0.309 e. The van der Waals surface area contributed by atoms with Crippen LogP contribution in [0.5, 0.6) is 5.75 Å². The van der Waals surface area contributed by atoms with Gasteiger partial charge in [0.25, 0.3) is 0 Å². The first-order valence-corrected chi connectivity index (χ1v) is 5.04. The summed E-state index contributed by atoms with van der Waals surface area (Å²) in [6, 6.07) is 7.49. The third kappa shape index (κ3) is 4.02. The third-order valence-electron chi connectivity index (χ3n) is 1.97. The number of esters is 1. The summed E-state index contributed by atoms with van der Waals surface area (Å²) < 4.78 is 10.0. The van der Waals surface area contributed by atoms with Gasteiger partial charge in [-0.2, -0.15) is 0 Å². The molecule has 3 nitrogen and oxygen atoms in total. The van der Waals surface area contributed by atoms with Crippen LogP contribution in [0.2, 0.25) is 0 Å². The highest BCUT2D eigenvalue weighted by Crippen LogP contribution is 2.12. The first-order chi connectivity index (χ1) is 7.26. The summed E-state index contributed by atoms with van der Waals surface area (Å²) in [6.45, 7) is 2.78. The Labute approximate surface area is 90.0 Å². The van der Waals surface area contributed by atoms with Crippen LogP contribution in [0.25, 0.3) is 0 Å². The summed E-state index contributed by atoms with van der Waals surface area (Å²) in [4.78, 5) is 11.0. The van der Waals surface area contributed by atoms with Crippen molar-refractivity contribution in [1.29, 1.82) is 0 Å². The lowest BCUT2D eigenvalue weighted by Gasteiger charge is -2.05. The number of rotatable bonds is 5. The molecule has 82 valence electrons. The van der Waals surface area contributed by atoms with E-state index in [1.165, 1.54) is 7.11 Å². The summed E-state index contributed by atoms with van der Waals surface area (Å²) in [5.74, 6) is 0.614.